The summed E-state index contributed by atoms with van der Waals surface area (Å²) in [4.78, 5) is 12.2. The third-order valence-electron chi connectivity index (χ3n) is 2.56. The first-order chi connectivity index (χ1) is 8.86. The Hall–Kier alpha value is -0.830. The van der Waals surface area contributed by atoms with Crippen molar-refractivity contribution in [2.45, 2.75) is 19.9 Å². The fourth-order valence-electron chi connectivity index (χ4n) is 1.53. The van der Waals surface area contributed by atoms with Gasteiger partial charge in [0.25, 0.3) is 5.91 Å². The standard InChI is InChI=1S/C12H15BrIN3O2/c1-6(2)10(11(15)17-19)16-12(18)8-5-7(14)3-4-9(8)13/h3-6,10,19H,1-2H3,(H2,15,17)(H,16,18). The highest BCUT2D eigenvalue weighted by atomic mass is 127. The summed E-state index contributed by atoms with van der Waals surface area (Å²) in [6, 6.07) is 4.96. The summed E-state index contributed by atoms with van der Waals surface area (Å²) >= 11 is 5.47. The number of carbonyl (C=O) groups excluding carboxylic acids is 1. The maximum Gasteiger partial charge on any atom is 0.253 e. The maximum atomic E-state index is 12.2. The predicted molar refractivity (Wildman–Crippen MR) is 86.4 cm³/mol. The summed E-state index contributed by atoms with van der Waals surface area (Å²) < 4.78 is 1.66. The van der Waals surface area contributed by atoms with Crippen LogP contribution in [0.3, 0.4) is 0 Å². The molecule has 1 atom stereocenters. The molecule has 1 amide bonds. The van der Waals surface area contributed by atoms with Gasteiger partial charge >= 0.3 is 0 Å². The van der Waals surface area contributed by atoms with E-state index in [0.717, 1.165) is 3.57 Å². The Morgan fingerprint density at radius 2 is 2.16 bits per heavy atom. The highest BCUT2D eigenvalue weighted by Crippen LogP contribution is 2.19. The number of nitrogens with zero attached hydrogens (tertiary/aromatic N) is 1. The number of carbonyl (C=O) groups is 1. The smallest absolute Gasteiger partial charge is 0.253 e. The third-order valence-corrected chi connectivity index (χ3v) is 3.92. The Morgan fingerprint density at radius 1 is 1.53 bits per heavy atom. The van der Waals surface area contributed by atoms with E-state index in [-0.39, 0.29) is 17.7 Å². The van der Waals surface area contributed by atoms with Crippen LogP contribution < -0.4 is 11.1 Å². The third kappa shape index (κ3) is 4.34. The molecule has 0 heterocycles. The SMILES string of the molecule is CC(C)C(NC(=O)c1cc(I)ccc1Br)/C(N)=N/O. The normalized spacial score (nSPS) is 13.4. The maximum absolute atomic E-state index is 12.2. The molecule has 0 saturated carbocycles. The first kappa shape index (κ1) is 16.2. The topological polar surface area (TPSA) is 87.7 Å². The highest BCUT2D eigenvalue weighted by molar-refractivity contribution is 14.1. The van der Waals surface area contributed by atoms with Crippen LogP contribution in [0.2, 0.25) is 0 Å². The molecular weight excluding hydrogens is 425 g/mol. The minimum absolute atomic E-state index is 0.00917. The van der Waals surface area contributed by atoms with Gasteiger partial charge in [0.15, 0.2) is 5.84 Å². The van der Waals surface area contributed by atoms with Crippen molar-refractivity contribution in [2.75, 3.05) is 0 Å². The number of hydrogen-bond acceptors (Lipinski definition) is 3. The van der Waals surface area contributed by atoms with E-state index < -0.39 is 6.04 Å². The quantitative estimate of drug-likeness (QED) is 0.221. The van der Waals surface area contributed by atoms with E-state index in [2.05, 4.69) is 49.0 Å². The molecule has 0 aliphatic carbocycles. The Bertz CT molecular complexity index is 506. The van der Waals surface area contributed by atoms with Crippen LogP contribution in [0.5, 0.6) is 0 Å². The molecule has 1 aromatic carbocycles. The van der Waals surface area contributed by atoms with E-state index >= 15 is 0 Å². The van der Waals surface area contributed by atoms with Crippen molar-refractivity contribution in [3.63, 3.8) is 0 Å². The summed E-state index contributed by atoms with van der Waals surface area (Å²) in [5, 5.41) is 14.5. The van der Waals surface area contributed by atoms with Crippen molar-refractivity contribution in [1.29, 1.82) is 0 Å². The first-order valence-corrected chi connectivity index (χ1v) is 7.47. The van der Waals surface area contributed by atoms with Crippen LogP contribution in [0.15, 0.2) is 27.8 Å². The first-order valence-electron chi connectivity index (χ1n) is 5.60. The van der Waals surface area contributed by atoms with Crippen LogP contribution >= 0.6 is 38.5 Å². The zero-order chi connectivity index (χ0) is 14.6. The molecule has 0 saturated heterocycles. The second kappa shape index (κ2) is 7.09. The molecule has 0 fully saturated rings. The minimum Gasteiger partial charge on any atom is -0.409 e. The van der Waals surface area contributed by atoms with Crippen LogP contribution in [0.4, 0.5) is 0 Å². The Labute approximate surface area is 133 Å². The van der Waals surface area contributed by atoms with E-state index in [1.165, 1.54) is 0 Å². The number of halogens is 2. The van der Waals surface area contributed by atoms with Gasteiger partial charge in [-0.15, -0.1) is 0 Å². The van der Waals surface area contributed by atoms with E-state index in [0.29, 0.717) is 10.0 Å². The molecular formula is C12H15BrIN3O2. The summed E-state index contributed by atoms with van der Waals surface area (Å²) in [6.07, 6.45) is 0. The second-order valence-corrected chi connectivity index (χ2v) is 6.44. The lowest BCUT2D eigenvalue weighted by Gasteiger charge is -2.21. The van der Waals surface area contributed by atoms with Crippen LogP contribution in [0.25, 0.3) is 0 Å². The fraction of sp³-hybridized carbons (Fsp3) is 0.333. The van der Waals surface area contributed by atoms with Crippen LogP contribution in [-0.4, -0.2) is 23.0 Å². The summed E-state index contributed by atoms with van der Waals surface area (Å²) in [6.45, 7) is 3.76. The second-order valence-electron chi connectivity index (χ2n) is 4.34. The Balaban J connectivity index is 2.97. The number of nitrogens with two attached hydrogens (primary N) is 1. The molecule has 1 rings (SSSR count). The van der Waals surface area contributed by atoms with E-state index in [9.17, 15) is 4.79 Å². The van der Waals surface area contributed by atoms with Gasteiger partial charge in [-0.3, -0.25) is 4.79 Å². The van der Waals surface area contributed by atoms with Crippen LogP contribution in [-0.2, 0) is 0 Å². The van der Waals surface area contributed by atoms with E-state index in [1.807, 2.05) is 26.0 Å². The number of hydrogen-bond donors (Lipinski definition) is 3. The largest absolute Gasteiger partial charge is 0.409 e. The molecule has 1 aromatic rings. The number of nitrogens with one attached hydrogen (secondary N) is 1. The number of amides is 1. The lowest BCUT2D eigenvalue weighted by atomic mass is 10.0. The average molecular weight is 440 g/mol. The van der Waals surface area contributed by atoms with Crippen molar-refractivity contribution in [3.8, 4) is 0 Å². The number of benzene rings is 1. The van der Waals surface area contributed by atoms with Crippen molar-refractivity contribution in [2.24, 2.45) is 16.8 Å². The molecule has 0 aliphatic heterocycles. The van der Waals surface area contributed by atoms with Gasteiger partial charge in [-0.25, -0.2) is 0 Å². The van der Waals surface area contributed by atoms with Crippen molar-refractivity contribution < 1.29 is 10.0 Å². The minimum atomic E-state index is -0.512. The van der Waals surface area contributed by atoms with Crippen LogP contribution in [0.1, 0.15) is 24.2 Å². The summed E-state index contributed by atoms with van der Waals surface area (Å²) in [5.41, 5.74) is 6.10. The summed E-state index contributed by atoms with van der Waals surface area (Å²) in [7, 11) is 0. The predicted octanol–water partition coefficient (Wildman–Crippen LogP) is 2.55. The summed E-state index contributed by atoms with van der Waals surface area (Å²) in [5.74, 6) is -0.262. The molecule has 0 aliphatic rings. The van der Waals surface area contributed by atoms with E-state index in [1.54, 1.807) is 6.07 Å². The Morgan fingerprint density at radius 3 is 2.68 bits per heavy atom. The molecule has 7 heteroatoms. The molecule has 5 nitrogen and oxygen atoms in total. The van der Waals surface area contributed by atoms with Gasteiger partial charge in [0.1, 0.15) is 0 Å². The van der Waals surface area contributed by atoms with Gasteiger partial charge in [-0.2, -0.15) is 0 Å². The van der Waals surface area contributed by atoms with Crippen molar-refractivity contribution >= 4 is 50.3 Å². The molecule has 0 radical (unpaired) electrons. The Kier molecular flexibility index (Phi) is 6.05. The van der Waals surface area contributed by atoms with Gasteiger partial charge in [-0.1, -0.05) is 19.0 Å². The molecule has 4 N–H and O–H groups in total. The molecule has 19 heavy (non-hydrogen) atoms. The van der Waals surface area contributed by atoms with Crippen molar-refractivity contribution in [1.82, 2.24) is 5.32 Å². The van der Waals surface area contributed by atoms with Gasteiger partial charge < -0.3 is 16.3 Å². The monoisotopic (exact) mass is 439 g/mol. The molecule has 1 unspecified atom stereocenters. The zero-order valence-corrected chi connectivity index (χ0v) is 14.3. The number of rotatable bonds is 4. The molecule has 0 aromatic heterocycles. The van der Waals surface area contributed by atoms with Crippen LogP contribution in [0, 0.1) is 9.49 Å². The highest BCUT2D eigenvalue weighted by Gasteiger charge is 2.22. The number of oxime groups is 1. The fourth-order valence-corrected chi connectivity index (χ4v) is 2.45. The molecule has 0 spiro atoms. The molecule has 104 valence electrons. The lowest BCUT2D eigenvalue weighted by molar-refractivity contribution is 0.0938. The van der Waals surface area contributed by atoms with Gasteiger partial charge in [0.05, 0.1) is 11.6 Å². The van der Waals surface area contributed by atoms with Gasteiger partial charge in [-0.05, 0) is 62.6 Å². The van der Waals surface area contributed by atoms with E-state index in [4.69, 9.17) is 10.9 Å². The van der Waals surface area contributed by atoms with Crippen molar-refractivity contribution in [3.05, 3.63) is 31.8 Å². The van der Waals surface area contributed by atoms with Gasteiger partial charge in [0, 0.05) is 8.04 Å². The van der Waals surface area contributed by atoms with Gasteiger partial charge in [0.2, 0.25) is 0 Å². The number of amidine groups is 1. The zero-order valence-electron chi connectivity index (χ0n) is 10.5. The average Bonchev–Trinajstić information content (AvgIpc) is 2.37. The molecule has 0 bridgehead atoms. The lowest BCUT2D eigenvalue weighted by Crippen LogP contribution is -2.47.